The third-order valence-electron chi connectivity index (χ3n) is 4.15. The molecule has 1 fully saturated rings. The van der Waals surface area contributed by atoms with Crippen LogP contribution in [0.1, 0.15) is 27.7 Å². The average Bonchev–Trinajstić information content (AvgIpc) is 2.53. The Morgan fingerprint density at radius 3 is 2.24 bits per heavy atom. The third kappa shape index (κ3) is 4.77. The highest BCUT2D eigenvalue weighted by molar-refractivity contribution is 7.89. The molecule has 2 rings (SSSR count). The molecule has 1 atom stereocenters. The summed E-state index contributed by atoms with van der Waals surface area (Å²) in [6.45, 7) is 8.85. The van der Waals surface area contributed by atoms with E-state index in [0.29, 0.717) is 13.1 Å². The summed E-state index contributed by atoms with van der Waals surface area (Å²) in [5.74, 6) is -0.833. The van der Waals surface area contributed by atoms with Crippen molar-refractivity contribution < 1.29 is 17.6 Å². The molecular weight excluding hydrogens is 345 g/mol. The molecule has 8 heteroatoms. The minimum Gasteiger partial charge on any atom is -0.350 e. The Balaban J connectivity index is 2.02. The summed E-state index contributed by atoms with van der Waals surface area (Å²) in [5.41, 5.74) is -0.318. The number of halogens is 1. The van der Waals surface area contributed by atoms with E-state index < -0.39 is 15.8 Å². The summed E-state index contributed by atoms with van der Waals surface area (Å²) in [6, 6.07) is 5.03. The van der Waals surface area contributed by atoms with Gasteiger partial charge in [-0.25, -0.2) is 12.8 Å². The molecule has 0 aliphatic carbocycles. The SMILES string of the molecule is C[C@H](C(=O)NC(C)(C)C)N1CCN(S(=O)(=O)c2ccccc2F)CC1. The average molecular weight is 371 g/mol. The van der Waals surface area contributed by atoms with Crippen molar-refractivity contribution in [1.82, 2.24) is 14.5 Å². The number of carbonyl (C=O) groups excluding carboxylic acids is 1. The van der Waals surface area contributed by atoms with Crippen molar-refractivity contribution in [3.05, 3.63) is 30.1 Å². The van der Waals surface area contributed by atoms with E-state index in [9.17, 15) is 17.6 Å². The quantitative estimate of drug-likeness (QED) is 0.869. The molecule has 1 amide bonds. The molecule has 1 N–H and O–H groups in total. The zero-order valence-corrected chi connectivity index (χ0v) is 15.9. The largest absolute Gasteiger partial charge is 0.350 e. The maximum absolute atomic E-state index is 13.8. The van der Waals surface area contributed by atoms with Gasteiger partial charge in [-0.1, -0.05) is 12.1 Å². The van der Waals surface area contributed by atoms with Crippen molar-refractivity contribution in [3.63, 3.8) is 0 Å². The van der Waals surface area contributed by atoms with E-state index in [1.54, 1.807) is 0 Å². The topological polar surface area (TPSA) is 69.7 Å². The van der Waals surface area contributed by atoms with Crippen molar-refractivity contribution in [2.24, 2.45) is 0 Å². The molecule has 1 aliphatic heterocycles. The Labute approximate surface area is 149 Å². The summed E-state index contributed by atoms with van der Waals surface area (Å²) < 4.78 is 40.3. The Hall–Kier alpha value is -1.51. The normalized spacial score (nSPS) is 18.8. The monoisotopic (exact) mass is 371 g/mol. The molecule has 0 aromatic heterocycles. The van der Waals surface area contributed by atoms with Gasteiger partial charge in [-0.2, -0.15) is 4.31 Å². The first-order valence-electron chi connectivity index (χ1n) is 8.33. The van der Waals surface area contributed by atoms with Crippen LogP contribution in [0.15, 0.2) is 29.2 Å². The van der Waals surface area contributed by atoms with E-state index in [0.717, 1.165) is 6.07 Å². The Bertz CT molecular complexity index is 723. The molecule has 0 spiro atoms. The lowest BCUT2D eigenvalue weighted by Gasteiger charge is -2.37. The van der Waals surface area contributed by atoms with Crippen LogP contribution < -0.4 is 5.32 Å². The van der Waals surface area contributed by atoms with E-state index in [-0.39, 0.29) is 35.5 Å². The molecule has 25 heavy (non-hydrogen) atoms. The lowest BCUT2D eigenvalue weighted by Crippen LogP contribution is -2.56. The van der Waals surface area contributed by atoms with E-state index in [1.807, 2.05) is 32.6 Å². The number of hydrogen-bond donors (Lipinski definition) is 1. The van der Waals surface area contributed by atoms with Crippen LogP contribution in [-0.4, -0.2) is 61.3 Å². The van der Waals surface area contributed by atoms with E-state index in [2.05, 4.69) is 5.32 Å². The minimum atomic E-state index is -3.86. The first-order valence-corrected chi connectivity index (χ1v) is 9.77. The number of nitrogens with one attached hydrogen (secondary N) is 1. The van der Waals surface area contributed by atoms with Crippen LogP contribution in [0.25, 0.3) is 0 Å². The lowest BCUT2D eigenvalue weighted by atomic mass is 10.1. The van der Waals surface area contributed by atoms with Gasteiger partial charge >= 0.3 is 0 Å². The number of hydrogen-bond acceptors (Lipinski definition) is 4. The minimum absolute atomic E-state index is 0.0853. The second-order valence-electron chi connectivity index (χ2n) is 7.29. The second-order valence-corrected chi connectivity index (χ2v) is 9.19. The van der Waals surface area contributed by atoms with Crippen LogP contribution in [0.4, 0.5) is 4.39 Å². The zero-order valence-electron chi connectivity index (χ0n) is 15.1. The van der Waals surface area contributed by atoms with Gasteiger partial charge in [0.1, 0.15) is 10.7 Å². The van der Waals surface area contributed by atoms with E-state index in [1.165, 1.54) is 22.5 Å². The van der Waals surface area contributed by atoms with Gasteiger partial charge < -0.3 is 5.32 Å². The van der Waals surface area contributed by atoms with Crippen LogP contribution in [0.5, 0.6) is 0 Å². The Morgan fingerprint density at radius 2 is 1.72 bits per heavy atom. The molecular formula is C17H26FN3O3S. The number of nitrogens with zero attached hydrogens (tertiary/aromatic N) is 2. The van der Waals surface area contributed by atoms with Crippen molar-refractivity contribution in [2.45, 2.75) is 44.2 Å². The first kappa shape index (κ1) is 19.8. The summed E-state index contributed by atoms with van der Waals surface area (Å²) in [7, 11) is -3.86. The lowest BCUT2D eigenvalue weighted by molar-refractivity contribution is -0.127. The summed E-state index contributed by atoms with van der Waals surface area (Å²) >= 11 is 0. The highest BCUT2D eigenvalue weighted by Crippen LogP contribution is 2.21. The molecule has 1 saturated heterocycles. The standard InChI is InChI=1S/C17H26FN3O3S/c1-13(16(22)19-17(2,3)4)20-9-11-21(12-10-20)25(23,24)15-8-6-5-7-14(15)18/h5-8,13H,9-12H2,1-4H3,(H,19,22)/t13-/m1/s1. The smallest absolute Gasteiger partial charge is 0.246 e. The van der Waals surface area contributed by atoms with Gasteiger partial charge in [-0.15, -0.1) is 0 Å². The fraction of sp³-hybridized carbons (Fsp3) is 0.588. The van der Waals surface area contributed by atoms with Crippen molar-refractivity contribution >= 4 is 15.9 Å². The van der Waals surface area contributed by atoms with Gasteiger partial charge in [-0.3, -0.25) is 9.69 Å². The highest BCUT2D eigenvalue weighted by atomic mass is 32.2. The number of amides is 1. The molecule has 1 heterocycles. The fourth-order valence-corrected chi connectivity index (χ4v) is 4.25. The predicted molar refractivity (Wildman–Crippen MR) is 94.1 cm³/mol. The van der Waals surface area contributed by atoms with Crippen LogP contribution in [0.2, 0.25) is 0 Å². The molecule has 0 saturated carbocycles. The molecule has 0 radical (unpaired) electrons. The number of benzene rings is 1. The predicted octanol–water partition coefficient (Wildman–Crippen LogP) is 1.44. The number of sulfonamides is 1. The number of carbonyl (C=O) groups is 1. The molecule has 1 aliphatic rings. The van der Waals surface area contributed by atoms with Crippen LogP contribution in [-0.2, 0) is 14.8 Å². The van der Waals surface area contributed by atoms with Crippen molar-refractivity contribution in [2.75, 3.05) is 26.2 Å². The summed E-state index contributed by atoms with van der Waals surface area (Å²) in [5, 5.41) is 2.93. The molecule has 6 nitrogen and oxygen atoms in total. The Kier molecular flexibility index (Phi) is 5.86. The number of rotatable bonds is 4. The zero-order chi connectivity index (χ0) is 18.8. The van der Waals surface area contributed by atoms with Gasteiger partial charge in [0.05, 0.1) is 6.04 Å². The molecule has 140 valence electrons. The molecule has 0 bridgehead atoms. The van der Waals surface area contributed by atoms with Crippen LogP contribution in [0.3, 0.4) is 0 Å². The second kappa shape index (κ2) is 7.39. The third-order valence-corrected chi connectivity index (χ3v) is 6.08. The van der Waals surface area contributed by atoms with Crippen molar-refractivity contribution in [3.8, 4) is 0 Å². The molecule has 0 unspecified atom stereocenters. The van der Waals surface area contributed by atoms with Crippen LogP contribution >= 0.6 is 0 Å². The van der Waals surface area contributed by atoms with Crippen LogP contribution in [0, 0.1) is 5.82 Å². The first-order chi connectivity index (χ1) is 11.5. The maximum atomic E-state index is 13.8. The van der Waals surface area contributed by atoms with E-state index in [4.69, 9.17) is 0 Å². The van der Waals surface area contributed by atoms with Gasteiger partial charge in [0.15, 0.2) is 0 Å². The van der Waals surface area contributed by atoms with E-state index >= 15 is 0 Å². The summed E-state index contributed by atoms with van der Waals surface area (Å²) in [4.78, 5) is 13.9. The number of piperazine rings is 1. The van der Waals surface area contributed by atoms with Gasteiger partial charge in [-0.05, 0) is 39.8 Å². The van der Waals surface area contributed by atoms with Gasteiger partial charge in [0.2, 0.25) is 15.9 Å². The molecule has 1 aromatic rings. The Morgan fingerprint density at radius 1 is 1.16 bits per heavy atom. The van der Waals surface area contributed by atoms with Gasteiger partial charge in [0.25, 0.3) is 0 Å². The van der Waals surface area contributed by atoms with Gasteiger partial charge in [0, 0.05) is 31.7 Å². The summed E-state index contributed by atoms with van der Waals surface area (Å²) in [6.07, 6.45) is 0. The molecule has 1 aromatic carbocycles. The maximum Gasteiger partial charge on any atom is 0.246 e. The highest BCUT2D eigenvalue weighted by Gasteiger charge is 2.33. The van der Waals surface area contributed by atoms with Crippen molar-refractivity contribution in [1.29, 1.82) is 0 Å². The fourth-order valence-electron chi connectivity index (χ4n) is 2.76.